The van der Waals surface area contributed by atoms with Crippen molar-refractivity contribution in [3.63, 3.8) is 0 Å². The van der Waals surface area contributed by atoms with Crippen LogP contribution >= 0.6 is 0 Å². The summed E-state index contributed by atoms with van der Waals surface area (Å²) in [5.41, 5.74) is 3.10. The molecule has 3 aliphatic rings. The first kappa shape index (κ1) is 11.9. The number of nitrogens with zero attached hydrogens (tertiary/aromatic N) is 1. The number of fused-ring (bicyclic) bond motifs is 3. The summed E-state index contributed by atoms with van der Waals surface area (Å²) in [5, 5.41) is 3.60. The lowest BCUT2D eigenvalue weighted by Crippen LogP contribution is -2.49. The van der Waals surface area contributed by atoms with Crippen LogP contribution in [0.1, 0.15) is 42.9 Å². The number of rotatable bonds is 2. The molecule has 1 aromatic carbocycles. The topological polar surface area (TPSA) is 15.3 Å². The maximum atomic E-state index is 3.60. The molecule has 4 rings (SSSR count). The van der Waals surface area contributed by atoms with Crippen LogP contribution in [0.3, 0.4) is 0 Å². The lowest BCUT2D eigenvalue weighted by Gasteiger charge is -2.43. The van der Waals surface area contributed by atoms with Gasteiger partial charge in [-0.1, -0.05) is 24.3 Å². The molecule has 4 unspecified atom stereocenters. The van der Waals surface area contributed by atoms with Crippen molar-refractivity contribution in [1.29, 1.82) is 0 Å². The molecule has 102 valence electrons. The number of hydrogen-bond acceptors (Lipinski definition) is 2. The minimum Gasteiger partial charge on any atom is -0.312 e. The lowest BCUT2D eigenvalue weighted by molar-refractivity contribution is 0.107. The summed E-state index contributed by atoms with van der Waals surface area (Å²) < 4.78 is 0. The van der Waals surface area contributed by atoms with Crippen molar-refractivity contribution >= 4 is 0 Å². The Balaban J connectivity index is 1.64. The van der Waals surface area contributed by atoms with E-state index in [1.165, 1.54) is 38.6 Å². The molecule has 2 heteroatoms. The Bertz CT molecular complexity index is 470. The monoisotopic (exact) mass is 256 g/mol. The summed E-state index contributed by atoms with van der Waals surface area (Å²) in [6.07, 6.45) is 6.97. The predicted octanol–water partition coefficient (Wildman–Crippen LogP) is 2.75. The molecule has 2 aliphatic carbocycles. The van der Waals surface area contributed by atoms with E-state index < -0.39 is 0 Å². The number of likely N-dealkylation sites (tertiary alicyclic amines) is 1. The van der Waals surface area contributed by atoms with Crippen LogP contribution in [0.4, 0.5) is 0 Å². The largest absolute Gasteiger partial charge is 0.312 e. The highest BCUT2D eigenvalue weighted by molar-refractivity contribution is 5.34. The smallest absolute Gasteiger partial charge is 0.0478 e. The lowest BCUT2D eigenvalue weighted by atomic mass is 9.82. The molecule has 1 saturated heterocycles. The molecule has 2 fully saturated rings. The third-order valence-corrected chi connectivity index (χ3v) is 5.67. The van der Waals surface area contributed by atoms with Crippen LogP contribution < -0.4 is 5.32 Å². The maximum Gasteiger partial charge on any atom is 0.0478 e. The Morgan fingerprint density at radius 1 is 1.16 bits per heavy atom. The average molecular weight is 256 g/mol. The summed E-state index contributed by atoms with van der Waals surface area (Å²) in [6.45, 7) is 1.36. The molecule has 1 N–H and O–H groups in total. The summed E-state index contributed by atoms with van der Waals surface area (Å²) in [7, 11) is 2.13. The zero-order valence-electron chi connectivity index (χ0n) is 11.8. The van der Waals surface area contributed by atoms with Gasteiger partial charge < -0.3 is 5.32 Å². The van der Waals surface area contributed by atoms with E-state index in [-0.39, 0.29) is 0 Å². The number of nitrogens with one attached hydrogen (secondary N) is 1. The normalized spacial score (nSPS) is 37.5. The van der Waals surface area contributed by atoms with Crippen LogP contribution in [0.5, 0.6) is 0 Å². The van der Waals surface area contributed by atoms with Gasteiger partial charge in [-0.3, -0.25) is 4.90 Å². The molecule has 0 amide bonds. The second kappa shape index (κ2) is 4.60. The molecule has 1 heterocycles. The molecule has 4 atom stereocenters. The van der Waals surface area contributed by atoms with Gasteiger partial charge in [0, 0.05) is 24.7 Å². The van der Waals surface area contributed by atoms with Crippen molar-refractivity contribution in [3.05, 3.63) is 35.4 Å². The third-order valence-electron chi connectivity index (χ3n) is 5.67. The minimum absolute atomic E-state index is 0.532. The highest BCUT2D eigenvalue weighted by Gasteiger charge is 2.44. The van der Waals surface area contributed by atoms with E-state index in [1.807, 2.05) is 0 Å². The highest BCUT2D eigenvalue weighted by atomic mass is 15.2. The number of hydrogen-bond donors (Lipinski definition) is 1. The third kappa shape index (κ3) is 1.85. The van der Waals surface area contributed by atoms with Crippen molar-refractivity contribution in [3.8, 4) is 0 Å². The van der Waals surface area contributed by atoms with Gasteiger partial charge in [0.1, 0.15) is 0 Å². The molecule has 1 aliphatic heterocycles. The molecule has 1 aromatic rings. The standard InChI is InChI=1S/C17H24N2/c1-18-17-15-5-3-2-4-13(15)7-9-16(17)19-11-12-6-8-14(19)10-12/h2-5,12,14,16-18H,6-11H2,1H3. The fourth-order valence-electron chi connectivity index (χ4n) is 4.82. The van der Waals surface area contributed by atoms with E-state index >= 15 is 0 Å². The predicted molar refractivity (Wildman–Crippen MR) is 78.2 cm³/mol. The SMILES string of the molecule is CNC1c2ccccc2CCC1N1CC2CCC1C2. The fourth-order valence-corrected chi connectivity index (χ4v) is 4.82. The Morgan fingerprint density at radius 2 is 2.05 bits per heavy atom. The molecule has 19 heavy (non-hydrogen) atoms. The first-order valence-corrected chi connectivity index (χ1v) is 7.87. The summed E-state index contributed by atoms with van der Waals surface area (Å²) in [4.78, 5) is 2.84. The summed E-state index contributed by atoms with van der Waals surface area (Å²) in [6, 6.07) is 11.2. The molecule has 0 spiro atoms. The van der Waals surface area contributed by atoms with Gasteiger partial charge in [-0.2, -0.15) is 0 Å². The second-order valence-electron chi connectivity index (χ2n) is 6.60. The van der Waals surface area contributed by atoms with E-state index in [0.29, 0.717) is 6.04 Å². The first-order valence-electron chi connectivity index (χ1n) is 7.87. The van der Waals surface area contributed by atoms with Gasteiger partial charge in [0.15, 0.2) is 0 Å². The first-order chi connectivity index (χ1) is 9.36. The van der Waals surface area contributed by atoms with E-state index in [9.17, 15) is 0 Å². The van der Waals surface area contributed by atoms with E-state index in [4.69, 9.17) is 0 Å². The van der Waals surface area contributed by atoms with Crippen molar-refractivity contribution < 1.29 is 0 Å². The van der Waals surface area contributed by atoms with Gasteiger partial charge in [-0.15, -0.1) is 0 Å². The number of aryl methyl sites for hydroxylation is 1. The Labute approximate surface area is 116 Å². The van der Waals surface area contributed by atoms with Crippen LogP contribution in [0.2, 0.25) is 0 Å². The zero-order valence-corrected chi connectivity index (χ0v) is 11.8. The Hall–Kier alpha value is -0.860. The Morgan fingerprint density at radius 3 is 2.79 bits per heavy atom. The van der Waals surface area contributed by atoms with Gasteiger partial charge in [-0.05, 0) is 56.2 Å². The quantitative estimate of drug-likeness (QED) is 0.875. The summed E-state index contributed by atoms with van der Waals surface area (Å²) >= 11 is 0. The molecule has 2 nitrogen and oxygen atoms in total. The highest BCUT2D eigenvalue weighted by Crippen LogP contribution is 2.43. The average Bonchev–Trinajstić information content (AvgIpc) is 3.08. The van der Waals surface area contributed by atoms with Crippen LogP contribution in [-0.4, -0.2) is 30.6 Å². The fraction of sp³-hybridized carbons (Fsp3) is 0.647. The van der Waals surface area contributed by atoms with Crippen LogP contribution in [0, 0.1) is 5.92 Å². The number of benzene rings is 1. The van der Waals surface area contributed by atoms with Crippen LogP contribution in [-0.2, 0) is 6.42 Å². The molecular weight excluding hydrogens is 232 g/mol. The van der Waals surface area contributed by atoms with Gasteiger partial charge >= 0.3 is 0 Å². The van der Waals surface area contributed by atoms with Crippen LogP contribution in [0.15, 0.2) is 24.3 Å². The van der Waals surface area contributed by atoms with E-state index in [0.717, 1.165) is 18.0 Å². The maximum absolute atomic E-state index is 3.60. The van der Waals surface area contributed by atoms with Gasteiger partial charge in [-0.25, -0.2) is 0 Å². The number of piperidine rings is 1. The van der Waals surface area contributed by atoms with Crippen molar-refractivity contribution in [2.24, 2.45) is 5.92 Å². The zero-order chi connectivity index (χ0) is 12.8. The van der Waals surface area contributed by atoms with Crippen molar-refractivity contribution in [1.82, 2.24) is 10.2 Å². The van der Waals surface area contributed by atoms with Crippen molar-refractivity contribution in [2.75, 3.05) is 13.6 Å². The second-order valence-corrected chi connectivity index (χ2v) is 6.60. The minimum atomic E-state index is 0.532. The van der Waals surface area contributed by atoms with Gasteiger partial charge in [0.2, 0.25) is 0 Å². The Kier molecular flexibility index (Phi) is 2.89. The van der Waals surface area contributed by atoms with E-state index in [2.05, 4.69) is 41.5 Å². The van der Waals surface area contributed by atoms with Gasteiger partial charge in [0.25, 0.3) is 0 Å². The van der Waals surface area contributed by atoms with E-state index in [1.54, 1.807) is 11.1 Å². The van der Waals surface area contributed by atoms with Crippen LogP contribution in [0.25, 0.3) is 0 Å². The molecule has 0 aromatic heterocycles. The molecule has 1 saturated carbocycles. The molecular formula is C17H24N2. The molecule has 2 bridgehead atoms. The van der Waals surface area contributed by atoms with Crippen molar-refractivity contribution in [2.45, 2.75) is 50.2 Å². The number of likely N-dealkylation sites (N-methyl/N-ethyl adjacent to an activating group) is 1. The van der Waals surface area contributed by atoms with Gasteiger partial charge in [0.05, 0.1) is 0 Å². The summed E-state index contributed by atoms with van der Waals surface area (Å²) in [5.74, 6) is 1.000. The molecule has 0 radical (unpaired) electrons.